The summed E-state index contributed by atoms with van der Waals surface area (Å²) in [5, 5.41) is 3.12. The number of hydrogen-bond donors (Lipinski definition) is 1. The van der Waals surface area contributed by atoms with E-state index in [-0.39, 0.29) is 5.91 Å². The SMILES string of the molecule is O=C(CCCl)NC(C1CC1)C1CC1. The molecule has 0 aliphatic heterocycles. The highest BCUT2D eigenvalue weighted by atomic mass is 35.5. The second-order valence-electron chi connectivity index (χ2n) is 4.21. The van der Waals surface area contributed by atoms with E-state index in [1.54, 1.807) is 0 Å². The number of hydrogen-bond acceptors (Lipinski definition) is 1. The molecule has 0 radical (unpaired) electrons. The van der Waals surface area contributed by atoms with Gasteiger partial charge in [-0.1, -0.05) is 0 Å². The average molecular weight is 202 g/mol. The number of alkyl halides is 1. The first-order valence-electron chi connectivity index (χ1n) is 5.16. The van der Waals surface area contributed by atoms with Crippen LogP contribution in [0.4, 0.5) is 0 Å². The van der Waals surface area contributed by atoms with Gasteiger partial charge in [-0.25, -0.2) is 0 Å². The molecule has 0 saturated heterocycles. The average Bonchev–Trinajstić information content (AvgIpc) is 2.95. The first kappa shape index (κ1) is 9.32. The summed E-state index contributed by atoms with van der Waals surface area (Å²) < 4.78 is 0. The predicted molar refractivity (Wildman–Crippen MR) is 52.7 cm³/mol. The standard InChI is InChI=1S/C10H16ClNO/c11-6-5-9(13)12-10(7-1-2-7)8-3-4-8/h7-8,10H,1-6H2,(H,12,13). The quantitative estimate of drug-likeness (QED) is 0.677. The van der Waals surface area contributed by atoms with E-state index in [2.05, 4.69) is 5.32 Å². The molecule has 0 unspecified atom stereocenters. The van der Waals surface area contributed by atoms with E-state index in [0.717, 1.165) is 11.8 Å². The van der Waals surface area contributed by atoms with Crippen molar-refractivity contribution in [1.29, 1.82) is 0 Å². The molecule has 0 aromatic rings. The normalized spacial score (nSPS) is 22.0. The van der Waals surface area contributed by atoms with E-state index in [0.29, 0.717) is 18.3 Å². The zero-order valence-electron chi connectivity index (χ0n) is 7.76. The van der Waals surface area contributed by atoms with Gasteiger partial charge < -0.3 is 5.32 Å². The molecule has 13 heavy (non-hydrogen) atoms. The molecular weight excluding hydrogens is 186 g/mol. The predicted octanol–water partition coefficient (Wildman–Crippen LogP) is 1.92. The van der Waals surface area contributed by atoms with Gasteiger partial charge in [0.1, 0.15) is 0 Å². The highest BCUT2D eigenvalue weighted by Gasteiger charge is 2.41. The highest BCUT2D eigenvalue weighted by Crippen LogP contribution is 2.44. The van der Waals surface area contributed by atoms with E-state index in [4.69, 9.17) is 11.6 Å². The topological polar surface area (TPSA) is 29.1 Å². The monoisotopic (exact) mass is 201 g/mol. The Morgan fingerprint density at radius 2 is 1.85 bits per heavy atom. The molecule has 2 fully saturated rings. The van der Waals surface area contributed by atoms with Gasteiger partial charge in [-0.15, -0.1) is 11.6 Å². The lowest BCUT2D eigenvalue weighted by atomic mass is 10.1. The van der Waals surface area contributed by atoms with E-state index < -0.39 is 0 Å². The Labute approximate surface area is 84.0 Å². The zero-order chi connectivity index (χ0) is 9.26. The van der Waals surface area contributed by atoms with Crippen LogP contribution < -0.4 is 5.32 Å². The minimum absolute atomic E-state index is 0.138. The summed E-state index contributed by atoms with van der Waals surface area (Å²) in [6.45, 7) is 0. The van der Waals surface area contributed by atoms with Crippen molar-refractivity contribution in [3.05, 3.63) is 0 Å². The number of rotatable bonds is 5. The Hall–Kier alpha value is -0.240. The molecule has 2 nitrogen and oxygen atoms in total. The third kappa shape index (κ3) is 2.60. The summed E-state index contributed by atoms with van der Waals surface area (Å²) >= 11 is 5.51. The maximum Gasteiger partial charge on any atom is 0.221 e. The van der Waals surface area contributed by atoms with Crippen molar-refractivity contribution in [2.45, 2.75) is 38.1 Å². The van der Waals surface area contributed by atoms with Crippen LogP contribution in [0.5, 0.6) is 0 Å². The first-order chi connectivity index (χ1) is 6.31. The van der Waals surface area contributed by atoms with Crippen molar-refractivity contribution < 1.29 is 4.79 Å². The second-order valence-corrected chi connectivity index (χ2v) is 4.59. The van der Waals surface area contributed by atoms with Gasteiger partial charge in [0, 0.05) is 18.3 Å². The summed E-state index contributed by atoms with van der Waals surface area (Å²) in [6, 6.07) is 0.482. The zero-order valence-corrected chi connectivity index (χ0v) is 8.52. The molecular formula is C10H16ClNO. The lowest BCUT2D eigenvalue weighted by Gasteiger charge is -2.16. The summed E-state index contributed by atoms with van der Waals surface area (Å²) in [6.07, 6.45) is 5.70. The molecule has 1 amide bonds. The van der Waals surface area contributed by atoms with Crippen LogP contribution in [0, 0.1) is 11.8 Å². The van der Waals surface area contributed by atoms with Gasteiger partial charge in [0.05, 0.1) is 0 Å². The molecule has 2 aliphatic rings. The van der Waals surface area contributed by atoms with Crippen molar-refractivity contribution in [1.82, 2.24) is 5.32 Å². The van der Waals surface area contributed by atoms with Crippen molar-refractivity contribution in [2.75, 3.05) is 5.88 Å². The van der Waals surface area contributed by atoms with Crippen LogP contribution in [-0.4, -0.2) is 17.8 Å². The van der Waals surface area contributed by atoms with Gasteiger partial charge in [-0.2, -0.15) is 0 Å². The van der Waals surface area contributed by atoms with Crippen LogP contribution in [0.1, 0.15) is 32.1 Å². The van der Waals surface area contributed by atoms with Crippen molar-refractivity contribution in [3.8, 4) is 0 Å². The van der Waals surface area contributed by atoms with Crippen LogP contribution in [0.25, 0.3) is 0 Å². The Morgan fingerprint density at radius 3 is 2.23 bits per heavy atom. The molecule has 0 aromatic carbocycles. The van der Waals surface area contributed by atoms with Crippen LogP contribution in [0.3, 0.4) is 0 Å². The van der Waals surface area contributed by atoms with E-state index in [9.17, 15) is 4.79 Å². The fourth-order valence-electron chi connectivity index (χ4n) is 1.88. The smallest absolute Gasteiger partial charge is 0.221 e. The number of amides is 1. The third-order valence-corrected chi connectivity index (χ3v) is 3.10. The summed E-state index contributed by atoms with van der Waals surface area (Å²) in [4.78, 5) is 11.3. The minimum atomic E-state index is 0.138. The van der Waals surface area contributed by atoms with E-state index in [1.165, 1.54) is 25.7 Å². The Kier molecular flexibility index (Phi) is 2.77. The largest absolute Gasteiger partial charge is 0.353 e. The molecule has 0 bridgehead atoms. The summed E-state index contributed by atoms with van der Waals surface area (Å²) in [5.41, 5.74) is 0. The fourth-order valence-corrected chi connectivity index (χ4v) is 2.05. The Bertz CT molecular complexity index is 187. The summed E-state index contributed by atoms with van der Waals surface area (Å²) in [5.74, 6) is 2.14. The number of halogens is 1. The van der Waals surface area contributed by atoms with Crippen molar-refractivity contribution in [3.63, 3.8) is 0 Å². The van der Waals surface area contributed by atoms with Gasteiger partial charge in [0.25, 0.3) is 0 Å². The molecule has 0 atom stereocenters. The van der Waals surface area contributed by atoms with Crippen molar-refractivity contribution >= 4 is 17.5 Å². The first-order valence-corrected chi connectivity index (χ1v) is 5.70. The lowest BCUT2D eigenvalue weighted by Crippen LogP contribution is -2.38. The Balaban J connectivity index is 1.78. The number of carbonyl (C=O) groups excluding carboxylic acids is 1. The van der Waals surface area contributed by atoms with Gasteiger partial charge in [0.2, 0.25) is 5.91 Å². The lowest BCUT2D eigenvalue weighted by molar-refractivity contribution is -0.121. The van der Waals surface area contributed by atoms with E-state index >= 15 is 0 Å². The maximum atomic E-state index is 11.3. The van der Waals surface area contributed by atoms with Gasteiger partial charge in [-0.05, 0) is 37.5 Å². The Morgan fingerprint density at radius 1 is 1.31 bits per heavy atom. The molecule has 3 heteroatoms. The van der Waals surface area contributed by atoms with Gasteiger partial charge >= 0.3 is 0 Å². The van der Waals surface area contributed by atoms with Crippen LogP contribution in [-0.2, 0) is 4.79 Å². The van der Waals surface area contributed by atoms with E-state index in [1.807, 2.05) is 0 Å². The molecule has 2 rings (SSSR count). The van der Waals surface area contributed by atoms with Crippen LogP contribution in [0.2, 0.25) is 0 Å². The minimum Gasteiger partial charge on any atom is -0.353 e. The molecule has 2 saturated carbocycles. The third-order valence-electron chi connectivity index (χ3n) is 2.91. The number of carbonyl (C=O) groups is 1. The molecule has 0 heterocycles. The number of nitrogens with one attached hydrogen (secondary N) is 1. The summed E-state index contributed by atoms with van der Waals surface area (Å²) in [7, 11) is 0. The van der Waals surface area contributed by atoms with Crippen LogP contribution in [0.15, 0.2) is 0 Å². The van der Waals surface area contributed by atoms with Crippen molar-refractivity contribution in [2.24, 2.45) is 11.8 Å². The molecule has 2 aliphatic carbocycles. The van der Waals surface area contributed by atoms with Gasteiger partial charge in [-0.3, -0.25) is 4.79 Å². The maximum absolute atomic E-state index is 11.3. The molecule has 1 N–H and O–H groups in total. The second kappa shape index (κ2) is 3.87. The fraction of sp³-hybridized carbons (Fsp3) is 0.900. The molecule has 0 spiro atoms. The van der Waals surface area contributed by atoms with Gasteiger partial charge in [0.15, 0.2) is 0 Å². The molecule has 74 valence electrons. The highest BCUT2D eigenvalue weighted by molar-refractivity contribution is 6.18. The molecule has 0 aromatic heterocycles. The van der Waals surface area contributed by atoms with Crippen LogP contribution >= 0.6 is 11.6 Å².